The SMILES string of the molecule is CC#N.CN(C)c1cccnc1. The average molecular weight is 163 g/mol. The molecule has 1 aromatic heterocycles. The van der Waals surface area contributed by atoms with Crippen molar-refractivity contribution in [3.05, 3.63) is 24.5 Å². The van der Waals surface area contributed by atoms with Crippen LogP contribution in [0.25, 0.3) is 0 Å². The van der Waals surface area contributed by atoms with Crippen molar-refractivity contribution in [3.63, 3.8) is 0 Å². The number of rotatable bonds is 1. The molecule has 1 heterocycles. The summed E-state index contributed by atoms with van der Waals surface area (Å²) in [5.74, 6) is 0. The summed E-state index contributed by atoms with van der Waals surface area (Å²) in [7, 11) is 3.99. The zero-order valence-corrected chi connectivity index (χ0v) is 7.65. The maximum Gasteiger partial charge on any atom is 0.0587 e. The van der Waals surface area contributed by atoms with E-state index in [1.165, 1.54) is 6.92 Å². The molecule has 0 N–H and O–H groups in total. The first-order valence-electron chi connectivity index (χ1n) is 3.60. The standard InChI is InChI=1S/C7H10N2.C2H3N/c1-9(2)7-4-3-5-8-6-7;1-2-3/h3-6H,1-2H3;1H3. The number of pyridine rings is 1. The summed E-state index contributed by atoms with van der Waals surface area (Å²) in [4.78, 5) is 5.99. The summed E-state index contributed by atoms with van der Waals surface area (Å²) in [6, 6.07) is 5.70. The van der Waals surface area contributed by atoms with E-state index in [2.05, 4.69) is 4.98 Å². The quantitative estimate of drug-likeness (QED) is 0.632. The summed E-state index contributed by atoms with van der Waals surface area (Å²) in [5, 5.41) is 7.32. The predicted molar refractivity (Wildman–Crippen MR) is 49.9 cm³/mol. The fourth-order valence-corrected chi connectivity index (χ4v) is 0.618. The van der Waals surface area contributed by atoms with Gasteiger partial charge in [0.25, 0.3) is 0 Å². The van der Waals surface area contributed by atoms with Crippen molar-refractivity contribution in [2.45, 2.75) is 6.92 Å². The van der Waals surface area contributed by atoms with Crippen LogP contribution in [-0.4, -0.2) is 19.1 Å². The van der Waals surface area contributed by atoms with E-state index in [1.807, 2.05) is 37.3 Å². The summed E-state index contributed by atoms with van der Waals surface area (Å²) in [5.41, 5.74) is 1.14. The summed E-state index contributed by atoms with van der Waals surface area (Å²) >= 11 is 0. The topological polar surface area (TPSA) is 39.9 Å². The van der Waals surface area contributed by atoms with Crippen LogP contribution in [-0.2, 0) is 0 Å². The minimum Gasteiger partial charge on any atom is -0.376 e. The van der Waals surface area contributed by atoms with Crippen molar-refractivity contribution in [1.29, 1.82) is 5.26 Å². The largest absolute Gasteiger partial charge is 0.376 e. The normalized spacial score (nSPS) is 7.50. The number of nitrogens with zero attached hydrogens (tertiary/aromatic N) is 3. The molecular weight excluding hydrogens is 150 g/mol. The minimum atomic E-state index is 1.14. The van der Waals surface area contributed by atoms with Gasteiger partial charge in [-0.1, -0.05) is 0 Å². The van der Waals surface area contributed by atoms with E-state index in [0.717, 1.165) is 5.69 Å². The molecule has 3 heteroatoms. The van der Waals surface area contributed by atoms with E-state index >= 15 is 0 Å². The zero-order chi connectivity index (χ0) is 9.40. The Bertz CT molecular complexity index is 236. The molecule has 0 amide bonds. The first-order chi connectivity index (χ1) is 5.72. The lowest BCUT2D eigenvalue weighted by Crippen LogP contribution is -2.08. The van der Waals surface area contributed by atoms with Crippen molar-refractivity contribution in [2.75, 3.05) is 19.0 Å². The van der Waals surface area contributed by atoms with Gasteiger partial charge in [0.15, 0.2) is 0 Å². The van der Waals surface area contributed by atoms with Crippen LogP contribution in [0.5, 0.6) is 0 Å². The van der Waals surface area contributed by atoms with Gasteiger partial charge in [-0.15, -0.1) is 0 Å². The second-order valence-corrected chi connectivity index (χ2v) is 2.33. The molecule has 0 aromatic carbocycles. The fourth-order valence-electron chi connectivity index (χ4n) is 0.618. The fraction of sp³-hybridized carbons (Fsp3) is 0.333. The molecule has 0 atom stereocenters. The van der Waals surface area contributed by atoms with Gasteiger partial charge in [-0.25, -0.2) is 0 Å². The van der Waals surface area contributed by atoms with Crippen LogP contribution in [0.2, 0.25) is 0 Å². The Kier molecular flexibility index (Phi) is 5.37. The Morgan fingerprint density at radius 3 is 2.33 bits per heavy atom. The van der Waals surface area contributed by atoms with Gasteiger partial charge in [0.1, 0.15) is 0 Å². The van der Waals surface area contributed by atoms with Gasteiger partial charge in [0.05, 0.1) is 18.0 Å². The molecule has 1 rings (SSSR count). The van der Waals surface area contributed by atoms with E-state index in [0.29, 0.717) is 0 Å². The van der Waals surface area contributed by atoms with Crippen molar-refractivity contribution < 1.29 is 0 Å². The molecule has 0 spiro atoms. The lowest BCUT2D eigenvalue weighted by molar-refractivity contribution is 1.11. The molecule has 3 nitrogen and oxygen atoms in total. The lowest BCUT2D eigenvalue weighted by Gasteiger charge is -2.09. The summed E-state index contributed by atoms with van der Waals surface area (Å²) < 4.78 is 0. The first-order valence-corrected chi connectivity index (χ1v) is 3.60. The Morgan fingerprint density at radius 2 is 2.08 bits per heavy atom. The molecule has 12 heavy (non-hydrogen) atoms. The maximum atomic E-state index is 7.32. The highest BCUT2D eigenvalue weighted by atomic mass is 15.1. The summed E-state index contributed by atoms with van der Waals surface area (Å²) in [6.45, 7) is 1.43. The number of aromatic nitrogens is 1. The van der Waals surface area contributed by atoms with Crippen LogP contribution in [0.4, 0.5) is 5.69 Å². The van der Waals surface area contributed by atoms with Crippen molar-refractivity contribution >= 4 is 5.69 Å². The molecule has 1 aromatic rings. The van der Waals surface area contributed by atoms with Crippen molar-refractivity contribution in [2.24, 2.45) is 0 Å². The number of nitriles is 1. The number of hydrogen-bond acceptors (Lipinski definition) is 3. The lowest BCUT2D eigenvalue weighted by atomic mass is 10.4. The molecule has 64 valence electrons. The molecule has 0 aliphatic carbocycles. The molecule has 0 aliphatic rings. The monoisotopic (exact) mass is 163 g/mol. The minimum absolute atomic E-state index is 1.14. The molecule has 0 unspecified atom stereocenters. The molecule has 0 saturated carbocycles. The molecule has 0 bridgehead atoms. The first kappa shape index (κ1) is 10.4. The highest BCUT2D eigenvalue weighted by Crippen LogP contribution is 2.04. The van der Waals surface area contributed by atoms with Crippen molar-refractivity contribution in [1.82, 2.24) is 4.98 Å². The van der Waals surface area contributed by atoms with Crippen LogP contribution >= 0.6 is 0 Å². The van der Waals surface area contributed by atoms with E-state index in [9.17, 15) is 0 Å². The smallest absolute Gasteiger partial charge is 0.0587 e. The van der Waals surface area contributed by atoms with Crippen molar-refractivity contribution in [3.8, 4) is 6.07 Å². The van der Waals surface area contributed by atoms with Gasteiger partial charge in [-0.3, -0.25) is 4.98 Å². The number of anilines is 1. The second-order valence-electron chi connectivity index (χ2n) is 2.33. The third kappa shape index (κ3) is 4.29. The maximum absolute atomic E-state index is 7.32. The Balaban J connectivity index is 0.000000354. The molecule has 0 saturated heterocycles. The summed E-state index contributed by atoms with van der Waals surface area (Å²) in [6.07, 6.45) is 3.60. The third-order valence-electron chi connectivity index (χ3n) is 1.16. The Morgan fingerprint density at radius 1 is 1.50 bits per heavy atom. The van der Waals surface area contributed by atoms with Crippen LogP contribution < -0.4 is 4.90 Å². The van der Waals surface area contributed by atoms with E-state index < -0.39 is 0 Å². The van der Waals surface area contributed by atoms with Gasteiger partial charge in [0.2, 0.25) is 0 Å². The predicted octanol–water partition coefficient (Wildman–Crippen LogP) is 1.68. The average Bonchev–Trinajstić information content (AvgIpc) is 2.07. The van der Waals surface area contributed by atoms with Gasteiger partial charge < -0.3 is 4.90 Å². The van der Waals surface area contributed by atoms with Gasteiger partial charge in [0, 0.05) is 27.2 Å². The molecule has 0 fully saturated rings. The molecular formula is C9H13N3. The van der Waals surface area contributed by atoms with Crippen LogP contribution in [0.15, 0.2) is 24.5 Å². The van der Waals surface area contributed by atoms with E-state index in [4.69, 9.17) is 5.26 Å². The van der Waals surface area contributed by atoms with Gasteiger partial charge >= 0.3 is 0 Å². The Labute approximate surface area is 73.3 Å². The van der Waals surface area contributed by atoms with Crippen LogP contribution in [0.1, 0.15) is 6.92 Å². The van der Waals surface area contributed by atoms with Gasteiger partial charge in [-0.2, -0.15) is 5.26 Å². The number of hydrogen-bond donors (Lipinski definition) is 0. The highest BCUT2D eigenvalue weighted by Gasteiger charge is 1.88. The Hall–Kier alpha value is -1.56. The third-order valence-corrected chi connectivity index (χ3v) is 1.16. The molecule has 0 aliphatic heterocycles. The van der Waals surface area contributed by atoms with Crippen LogP contribution in [0, 0.1) is 11.3 Å². The zero-order valence-electron chi connectivity index (χ0n) is 7.65. The van der Waals surface area contributed by atoms with Gasteiger partial charge in [-0.05, 0) is 12.1 Å². The highest BCUT2D eigenvalue weighted by molar-refractivity contribution is 5.41. The molecule has 0 radical (unpaired) electrons. The second kappa shape index (κ2) is 6.17. The van der Waals surface area contributed by atoms with Crippen LogP contribution in [0.3, 0.4) is 0 Å². The van der Waals surface area contributed by atoms with E-state index in [-0.39, 0.29) is 0 Å². The van der Waals surface area contributed by atoms with E-state index in [1.54, 1.807) is 12.3 Å².